The van der Waals surface area contributed by atoms with Gasteiger partial charge in [-0.2, -0.15) is 0 Å². The van der Waals surface area contributed by atoms with Gasteiger partial charge in [0, 0.05) is 11.6 Å². The van der Waals surface area contributed by atoms with E-state index in [4.69, 9.17) is 16.3 Å². The molecular formula is C21H23ClN4O2S. The third-order valence-corrected chi connectivity index (χ3v) is 5.68. The Bertz CT molecular complexity index is 964. The van der Waals surface area contributed by atoms with E-state index in [9.17, 15) is 4.79 Å². The van der Waals surface area contributed by atoms with Crippen LogP contribution in [0.3, 0.4) is 0 Å². The van der Waals surface area contributed by atoms with Crippen LogP contribution in [0.15, 0.2) is 53.7 Å². The van der Waals surface area contributed by atoms with Gasteiger partial charge in [-0.1, -0.05) is 60.6 Å². The maximum atomic E-state index is 12.5. The molecule has 1 aromatic heterocycles. The molecule has 0 aliphatic carbocycles. The van der Waals surface area contributed by atoms with Gasteiger partial charge in [-0.05, 0) is 36.6 Å². The molecule has 29 heavy (non-hydrogen) atoms. The molecule has 2 atom stereocenters. The van der Waals surface area contributed by atoms with Crippen molar-refractivity contribution in [1.82, 2.24) is 20.5 Å². The Labute approximate surface area is 179 Å². The number of rotatable bonds is 8. The molecule has 1 amide bonds. The van der Waals surface area contributed by atoms with Crippen LogP contribution >= 0.6 is 23.4 Å². The average molecular weight is 431 g/mol. The lowest BCUT2D eigenvalue weighted by molar-refractivity contribution is -0.120. The smallest absolute Gasteiger partial charge is 0.233 e. The topological polar surface area (TPSA) is 79.9 Å². The monoisotopic (exact) mass is 430 g/mol. The molecule has 2 unspecified atom stereocenters. The maximum Gasteiger partial charge on any atom is 0.233 e. The summed E-state index contributed by atoms with van der Waals surface area (Å²) >= 11 is 7.38. The van der Waals surface area contributed by atoms with E-state index in [2.05, 4.69) is 39.6 Å². The first kappa shape index (κ1) is 21.2. The zero-order valence-corrected chi connectivity index (χ0v) is 18.1. The molecule has 0 saturated heterocycles. The summed E-state index contributed by atoms with van der Waals surface area (Å²) < 4.78 is 5.36. The second kappa shape index (κ2) is 9.80. The van der Waals surface area contributed by atoms with Crippen molar-refractivity contribution in [1.29, 1.82) is 0 Å². The number of halogens is 1. The number of nitrogens with one attached hydrogen (secondary N) is 2. The number of aromatic amines is 1. The van der Waals surface area contributed by atoms with E-state index in [0.29, 0.717) is 33.9 Å². The fraction of sp³-hybridized carbons (Fsp3) is 0.286. The summed E-state index contributed by atoms with van der Waals surface area (Å²) in [7, 11) is 1.58. The van der Waals surface area contributed by atoms with Gasteiger partial charge in [0.25, 0.3) is 0 Å². The predicted molar refractivity (Wildman–Crippen MR) is 117 cm³/mol. The molecular weight excluding hydrogens is 408 g/mol. The van der Waals surface area contributed by atoms with Crippen LogP contribution < -0.4 is 10.1 Å². The van der Waals surface area contributed by atoms with Gasteiger partial charge in [0.1, 0.15) is 5.75 Å². The Morgan fingerprint density at radius 1 is 1.24 bits per heavy atom. The zero-order valence-electron chi connectivity index (χ0n) is 16.5. The maximum absolute atomic E-state index is 12.5. The molecule has 0 radical (unpaired) electrons. The van der Waals surface area contributed by atoms with Crippen LogP contribution in [0, 0.1) is 0 Å². The number of amides is 1. The lowest BCUT2D eigenvalue weighted by atomic mass is 10.0. The Hall–Kier alpha value is -2.51. The van der Waals surface area contributed by atoms with Gasteiger partial charge < -0.3 is 10.1 Å². The van der Waals surface area contributed by atoms with E-state index < -0.39 is 0 Å². The highest BCUT2D eigenvalue weighted by Gasteiger charge is 2.19. The van der Waals surface area contributed by atoms with E-state index >= 15 is 0 Å². The van der Waals surface area contributed by atoms with E-state index in [1.54, 1.807) is 25.3 Å². The van der Waals surface area contributed by atoms with Crippen LogP contribution in [0.1, 0.15) is 25.3 Å². The first-order chi connectivity index (χ1) is 14.0. The van der Waals surface area contributed by atoms with Gasteiger partial charge in [-0.3, -0.25) is 9.89 Å². The number of nitrogens with zero attached hydrogens (tertiary/aromatic N) is 2. The second-order valence-electron chi connectivity index (χ2n) is 6.63. The molecule has 0 saturated carbocycles. The standard InChI is InChI=1S/C21H23ClN4O2S/c1-13(15-7-5-4-6-8-15)12-23-20(27)14(2)29-21-24-19(25-26-21)17-11-16(22)9-10-18(17)28-3/h4-11,13-14H,12H2,1-3H3,(H,23,27)(H,24,25,26). The number of H-pyrrole nitrogens is 1. The van der Waals surface area contributed by atoms with E-state index in [1.165, 1.54) is 17.3 Å². The van der Waals surface area contributed by atoms with E-state index in [-0.39, 0.29) is 17.1 Å². The Kier molecular flexibility index (Phi) is 7.17. The van der Waals surface area contributed by atoms with Crippen LogP contribution in [0.5, 0.6) is 5.75 Å². The molecule has 0 bridgehead atoms. The Morgan fingerprint density at radius 3 is 2.72 bits per heavy atom. The van der Waals surface area contributed by atoms with Crippen molar-refractivity contribution in [2.75, 3.05) is 13.7 Å². The summed E-state index contributed by atoms with van der Waals surface area (Å²) in [6.45, 7) is 4.50. The lowest BCUT2D eigenvalue weighted by Gasteiger charge is -2.15. The van der Waals surface area contributed by atoms with Crippen LogP contribution in [-0.4, -0.2) is 40.0 Å². The number of hydrogen-bond acceptors (Lipinski definition) is 5. The van der Waals surface area contributed by atoms with Gasteiger partial charge in [0.15, 0.2) is 5.82 Å². The third kappa shape index (κ3) is 5.52. The average Bonchev–Trinajstić information content (AvgIpc) is 3.20. The van der Waals surface area contributed by atoms with Gasteiger partial charge in [0.2, 0.25) is 11.1 Å². The first-order valence-electron chi connectivity index (χ1n) is 9.23. The van der Waals surface area contributed by atoms with Gasteiger partial charge >= 0.3 is 0 Å². The van der Waals surface area contributed by atoms with Crippen LogP contribution in [-0.2, 0) is 4.79 Å². The molecule has 8 heteroatoms. The number of carbonyl (C=O) groups excluding carboxylic acids is 1. The fourth-order valence-corrected chi connectivity index (χ4v) is 3.71. The summed E-state index contributed by atoms with van der Waals surface area (Å²) in [5.41, 5.74) is 1.91. The quantitative estimate of drug-likeness (QED) is 0.513. The van der Waals surface area contributed by atoms with Crippen molar-refractivity contribution in [3.63, 3.8) is 0 Å². The molecule has 2 aromatic carbocycles. The highest BCUT2D eigenvalue weighted by molar-refractivity contribution is 8.00. The summed E-state index contributed by atoms with van der Waals surface area (Å²) in [6.07, 6.45) is 0. The number of benzene rings is 2. The molecule has 0 fully saturated rings. The molecule has 0 aliphatic heterocycles. The SMILES string of the molecule is COc1ccc(Cl)cc1-c1nc(SC(C)C(=O)NCC(C)c2ccccc2)n[nH]1. The van der Waals surface area contributed by atoms with Gasteiger partial charge in [-0.25, -0.2) is 4.98 Å². The molecule has 3 aromatic rings. The third-order valence-electron chi connectivity index (χ3n) is 4.48. The van der Waals surface area contributed by atoms with Crippen molar-refractivity contribution in [3.8, 4) is 17.1 Å². The number of methoxy groups -OCH3 is 1. The van der Waals surface area contributed by atoms with Crippen molar-refractivity contribution >= 4 is 29.3 Å². The zero-order chi connectivity index (χ0) is 20.8. The molecule has 1 heterocycles. The predicted octanol–water partition coefficient (Wildman–Crippen LogP) is 4.53. The molecule has 0 spiro atoms. The summed E-state index contributed by atoms with van der Waals surface area (Å²) in [4.78, 5) is 16.9. The molecule has 2 N–H and O–H groups in total. The summed E-state index contributed by atoms with van der Waals surface area (Å²) in [5, 5.41) is 10.8. The normalized spacial score (nSPS) is 13.0. The Morgan fingerprint density at radius 2 is 2.00 bits per heavy atom. The fourth-order valence-electron chi connectivity index (χ4n) is 2.79. The largest absolute Gasteiger partial charge is 0.496 e. The van der Waals surface area contributed by atoms with E-state index in [1.807, 2.05) is 25.1 Å². The number of aromatic nitrogens is 3. The summed E-state index contributed by atoms with van der Waals surface area (Å²) in [6, 6.07) is 15.4. The molecule has 6 nitrogen and oxygen atoms in total. The minimum absolute atomic E-state index is 0.0514. The van der Waals surface area contributed by atoms with Crippen molar-refractivity contribution in [2.24, 2.45) is 0 Å². The van der Waals surface area contributed by atoms with Crippen molar-refractivity contribution in [3.05, 3.63) is 59.1 Å². The lowest BCUT2D eigenvalue weighted by Crippen LogP contribution is -2.33. The van der Waals surface area contributed by atoms with Crippen molar-refractivity contribution < 1.29 is 9.53 Å². The Balaban J connectivity index is 1.59. The van der Waals surface area contributed by atoms with Gasteiger partial charge in [-0.15, -0.1) is 5.10 Å². The minimum Gasteiger partial charge on any atom is -0.496 e. The number of thioether (sulfide) groups is 1. The minimum atomic E-state index is -0.331. The number of carbonyl (C=O) groups is 1. The van der Waals surface area contributed by atoms with E-state index in [0.717, 1.165) is 0 Å². The number of hydrogen-bond donors (Lipinski definition) is 2. The highest BCUT2D eigenvalue weighted by atomic mass is 35.5. The first-order valence-corrected chi connectivity index (χ1v) is 10.5. The van der Waals surface area contributed by atoms with Crippen LogP contribution in [0.2, 0.25) is 5.02 Å². The van der Waals surface area contributed by atoms with Crippen molar-refractivity contribution in [2.45, 2.75) is 30.2 Å². The van der Waals surface area contributed by atoms with Gasteiger partial charge in [0.05, 0.1) is 17.9 Å². The highest BCUT2D eigenvalue weighted by Crippen LogP contribution is 2.31. The molecule has 152 valence electrons. The van der Waals surface area contributed by atoms with Crippen LogP contribution in [0.25, 0.3) is 11.4 Å². The molecule has 3 rings (SSSR count). The molecule has 0 aliphatic rings. The summed E-state index contributed by atoms with van der Waals surface area (Å²) in [5.74, 6) is 1.37. The number of ether oxygens (including phenoxy) is 1. The second-order valence-corrected chi connectivity index (χ2v) is 8.37. The van der Waals surface area contributed by atoms with Crippen LogP contribution in [0.4, 0.5) is 0 Å².